The van der Waals surface area contributed by atoms with Gasteiger partial charge < -0.3 is 15.4 Å². The van der Waals surface area contributed by atoms with Crippen molar-refractivity contribution in [2.24, 2.45) is 0 Å². The average Bonchev–Trinajstić information content (AvgIpc) is 2.97. The predicted octanol–water partition coefficient (Wildman–Crippen LogP) is 2.85. The number of para-hydroxylation sites is 1. The SMILES string of the molecule is COCCNc1nnc(SC(C)C(=O)Nc2ccccc2F)s1. The fourth-order valence-electron chi connectivity index (χ4n) is 1.59. The van der Waals surface area contributed by atoms with E-state index in [4.69, 9.17) is 4.74 Å². The van der Waals surface area contributed by atoms with Gasteiger partial charge in [0.25, 0.3) is 0 Å². The lowest BCUT2D eigenvalue weighted by atomic mass is 10.3. The number of anilines is 2. The molecule has 0 saturated heterocycles. The van der Waals surface area contributed by atoms with Crippen molar-refractivity contribution in [3.05, 3.63) is 30.1 Å². The molecule has 9 heteroatoms. The van der Waals surface area contributed by atoms with E-state index in [0.29, 0.717) is 22.6 Å². The summed E-state index contributed by atoms with van der Waals surface area (Å²) in [5.41, 5.74) is 0.170. The lowest BCUT2D eigenvalue weighted by molar-refractivity contribution is -0.115. The highest BCUT2D eigenvalue weighted by Gasteiger charge is 2.18. The maximum Gasteiger partial charge on any atom is 0.237 e. The molecule has 124 valence electrons. The van der Waals surface area contributed by atoms with Crippen LogP contribution >= 0.6 is 23.1 Å². The Bertz CT molecular complexity index is 653. The number of halogens is 1. The first-order chi connectivity index (χ1) is 11.1. The molecule has 0 bridgehead atoms. The normalized spacial score (nSPS) is 12.0. The molecule has 0 aliphatic carbocycles. The first kappa shape index (κ1) is 17.6. The highest BCUT2D eigenvalue weighted by atomic mass is 32.2. The Kier molecular flexibility index (Phi) is 6.75. The van der Waals surface area contributed by atoms with Crippen LogP contribution in [0.2, 0.25) is 0 Å². The molecule has 2 N–H and O–H groups in total. The highest BCUT2D eigenvalue weighted by molar-refractivity contribution is 8.02. The maximum atomic E-state index is 13.5. The molecule has 0 spiro atoms. The number of rotatable bonds is 8. The summed E-state index contributed by atoms with van der Waals surface area (Å²) in [6.07, 6.45) is 0. The number of aromatic nitrogens is 2. The van der Waals surface area contributed by atoms with Gasteiger partial charge in [0.1, 0.15) is 5.82 Å². The minimum absolute atomic E-state index is 0.170. The van der Waals surface area contributed by atoms with E-state index in [2.05, 4.69) is 20.8 Å². The Morgan fingerprint density at radius 1 is 1.43 bits per heavy atom. The number of ether oxygens (including phenoxy) is 1. The molecular formula is C14H17FN4O2S2. The number of thioether (sulfide) groups is 1. The van der Waals surface area contributed by atoms with Gasteiger partial charge in [0.05, 0.1) is 17.5 Å². The van der Waals surface area contributed by atoms with Crippen molar-refractivity contribution in [2.75, 3.05) is 30.9 Å². The van der Waals surface area contributed by atoms with Crippen LogP contribution < -0.4 is 10.6 Å². The van der Waals surface area contributed by atoms with Crippen LogP contribution in [0.3, 0.4) is 0 Å². The van der Waals surface area contributed by atoms with Crippen molar-refractivity contribution in [2.45, 2.75) is 16.5 Å². The molecule has 0 saturated carbocycles. The van der Waals surface area contributed by atoms with Gasteiger partial charge in [-0.25, -0.2) is 4.39 Å². The second-order valence-electron chi connectivity index (χ2n) is 4.52. The van der Waals surface area contributed by atoms with E-state index < -0.39 is 11.1 Å². The van der Waals surface area contributed by atoms with Gasteiger partial charge in [-0.3, -0.25) is 4.79 Å². The Morgan fingerprint density at radius 3 is 2.96 bits per heavy atom. The van der Waals surface area contributed by atoms with Crippen LogP contribution in [0.4, 0.5) is 15.2 Å². The van der Waals surface area contributed by atoms with Gasteiger partial charge in [0, 0.05) is 13.7 Å². The van der Waals surface area contributed by atoms with Gasteiger partial charge in [-0.15, -0.1) is 10.2 Å². The van der Waals surface area contributed by atoms with Gasteiger partial charge in [-0.1, -0.05) is 35.2 Å². The van der Waals surface area contributed by atoms with Crippen molar-refractivity contribution in [3.63, 3.8) is 0 Å². The number of benzene rings is 1. The first-order valence-corrected chi connectivity index (χ1v) is 8.58. The molecular weight excluding hydrogens is 339 g/mol. The fourth-order valence-corrected chi connectivity index (χ4v) is 3.51. The summed E-state index contributed by atoms with van der Waals surface area (Å²) in [6.45, 7) is 2.95. The molecule has 1 atom stereocenters. The van der Waals surface area contributed by atoms with Gasteiger partial charge in [-0.2, -0.15) is 0 Å². The van der Waals surface area contributed by atoms with Crippen LogP contribution in [-0.2, 0) is 9.53 Å². The van der Waals surface area contributed by atoms with E-state index in [1.807, 2.05) is 0 Å². The third-order valence-electron chi connectivity index (χ3n) is 2.77. The van der Waals surface area contributed by atoms with Crippen molar-refractivity contribution in [3.8, 4) is 0 Å². The summed E-state index contributed by atoms with van der Waals surface area (Å²) in [5, 5.41) is 13.9. The van der Waals surface area contributed by atoms with Crippen molar-refractivity contribution >= 4 is 39.8 Å². The smallest absolute Gasteiger partial charge is 0.237 e. The van der Waals surface area contributed by atoms with Crippen LogP contribution in [0, 0.1) is 5.82 Å². The number of amides is 1. The summed E-state index contributed by atoms with van der Waals surface area (Å²) >= 11 is 2.63. The zero-order chi connectivity index (χ0) is 16.7. The van der Waals surface area contributed by atoms with Gasteiger partial charge in [0.15, 0.2) is 4.34 Å². The minimum Gasteiger partial charge on any atom is -0.383 e. The molecule has 1 aromatic heterocycles. The monoisotopic (exact) mass is 356 g/mol. The molecule has 6 nitrogen and oxygen atoms in total. The summed E-state index contributed by atoms with van der Waals surface area (Å²) in [4.78, 5) is 12.1. The first-order valence-electron chi connectivity index (χ1n) is 6.88. The molecule has 1 unspecified atom stereocenters. The molecule has 2 aromatic rings. The van der Waals surface area contributed by atoms with Crippen molar-refractivity contribution in [1.82, 2.24) is 10.2 Å². The number of nitrogens with zero attached hydrogens (tertiary/aromatic N) is 2. The van der Waals surface area contributed by atoms with Crippen LogP contribution in [0.5, 0.6) is 0 Å². The Morgan fingerprint density at radius 2 is 2.22 bits per heavy atom. The standard InChI is InChI=1S/C14H17FN4O2S2/c1-9(12(20)17-11-6-4-3-5-10(11)15)22-14-19-18-13(23-14)16-7-8-21-2/h3-6,9H,7-8H2,1-2H3,(H,16,18)(H,17,20). The van der Waals surface area contributed by atoms with Crippen LogP contribution in [0.15, 0.2) is 28.6 Å². The number of hydrogen-bond acceptors (Lipinski definition) is 7. The largest absolute Gasteiger partial charge is 0.383 e. The molecule has 1 aromatic carbocycles. The highest BCUT2D eigenvalue weighted by Crippen LogP contribution is 2.29. The van der Waals surface area contributed by atoms with Gasteiger partial charge >= 0.3 is 0 Å². The van der Waals surface area contributed by atoms with Crippen LogP contribution in [0.25, 0.3) is 0 Å². The molecule has 0 aliphatic rings. The second kappa shape index (κ2) is 8.80. The average molecular weight is 356 g/mol. The molecule has 1 amide bonds. The molecule has 1 heterocycles. The Labute approximate surface area is 141 Å². The molecule has 23 heavy (non-hydrogen) atoms. The van der Waals surface area contributed by atoms with Crippen LogP contribution in [-0.4, -0.2) is 41.6 Å². The molecule has 2 rings (SSSR count). The van der Waals surface area contributed by atoms with E-state index in [0.717, 1.165) is 0 Å². The minimum atomic E-state index is -0.460. The summed E-state index contributed by atoms with van der Waals surface area (Å²) in [5.74, 6) is -0.747. The number of carbonyl (C=O) groups is 1. The Hall–Kier alpha value is -1.71. The zero-order valence-corrected chi connectivity index (χ0v) is 14.3. The van der Waals surface area contributed by atoms with E-state index in [1.54, 1.807) is 26.2 Å². The topological polar surface area (TPSA) is 76.1 Å². The number of nitrogens with one attached hydrogen (secondary N) is 2. The van der Waals surface area contributed by atoms with E-state index in [9.17, 15) is 9.18 Å². The third-order valence-corrected chi connectivity index (χ3v) is 4.83. The van der Waals surface area contributed by atoms with Gasteiger partial charge in [0.2, 0.25) is 11.0 Å². The summed E-state index contributed by atoms with van der Waals surface area (Å²) in [7, 11) is 1.62. The number of carbonyl (C=O) groups excluding carboxylic acids is 1. The van der Waals surface area contributed by atoms with E-state index in [1.165, 1.54) is 35.2 Å². The summed E-state index contributed by atoms with van der Waals surface area (Å²) in [6, 6.07) is 6.06. The lowest BCUT2D eigenvalue weighted by Crippen LogP contribution is -2.22. The molecule has 0 radical (unpaired) electrons. The van der Waals surface area contributed by atoms with Crippen molar-refractivity contribution < 1.29 is 13.9 Å². The number of hydrogen-bond donors (Lipinski definition) is 2. The zero-order valence-electron chi connectivity index (χ0n) is 12.7. The molecule has 0 aliphatic heterocycles. The quantitative estimate of drug-likeness (QED) is 0.559. The van der Waals surface area contributed by atoms with E-state index >= 15 is 0 Å². The van der Waals surface area contributed by atoms with Crippen molar-refractivity contribution in [1.29, 1.82) is 0 Å². The summed E-state index contributed by atoms with van der Waals surface area (Å²) < 4.78 is 19.1. The maximum absolute atomic E-state index is 13.5. The third kappa shape index (κ3) is 5.45. The molecule has 0 fully saturated rings. The van der Waals surface area contributed by atoms with Gasteiger partial charge in [-0.05, 0) is 19.1 Å². The Balaban J connectivity index is 1.87. The predicted molar refractivity (Wildman–Crippen MR) is 90.6 cm³/mol. The van der Waals surface area contributed by atoms with E-state index in [-0.39, 0.29) is 11.6 Å². The number of methoxy groups -OCH3 is 1. The van der Waals surface area contributed by atoms with Crippen LogP contribution in [0.1, 0.15) is 6.92 Å². The second-order valence-corrected chi connectivity index (χ2v) is 7.09. The fraction of sp³-hybridized carbons (Fsp3) is 0.357. The lowest BCUT2D eigenvalue weighted by Gasteiger charge is -2.10.